The number of phenols is 1. The highest BCUT2D eigenvalue weighted by Gasteiger charge is 2.40. The van der Waals surface area contributed by atoms with E-state index in [1.54, 1.807) is 52.9 Å². The van der Waals surface area contributed by atoms with Crippen LogP contribution in [-0.4, -0.2) is 79.9 Å². The summed E-state index contributed by atoms with van der Waals surface area (Å²) in [5.74, 6) is 1.19. The molecule has 9 rings (SSSR count). The molecule has 2 aliphatic heterocycles. The summed E-state index contributed by atoms with van der Waals surface area (Å²) in [5.41, 5.74) is 8.68. The highest BCUT2D eigenvalue weighted by molar-refractivity contribution is 7.19. The molecule has 0 bridgehead atoms. The fourth-order valence-corrected chi connectivity index (χ4v) is 11.3. The minimum Gasteiger partial charge on any atom is -0.507 e. The summed E-state index contributed by atoms with van der Waals surface area (Å²) >= 11 is 3.32. The van der Waals surface area contributed by atoms with Crippen LogP contribution in [0.25, 0.3) is 43.2 Å². The lowest BCUT2D eigenvalue weighted by molar-refractivity contribution is -0.141. The summed E-state index contributed by atoms with van der Waals surface area (Å²) in [7, 11) is 1.60. The van der Waals surface area contributed by atoms with Gasteiger partial charge in [-0.1, -0.05) is 55.4 Å². The standard InChI is InChI=1S/C49H52N8O5S2/c1-27(2)43(49(60)57-21-9-11-39(57)46(59)51-29(4)31-13-15-32(16-14-31)45-30(5)50-26-63-45)41-25-38(55-62-41)35-17-18-42(52-47(35)61-6)56-22-19-33(20-23-56)44-28(3)36-24-37(53-54-48(36)64-44)34-10-7-8-12-40(34)58/h7-8,10,12-18,24-27,29,33,39,43,58H,9,11,19-23H2,1-6H3,(H,51,59)/t29-,39-,43+/m0/s1. The summed E-state index contributed by atoms with van der Waals surface area (Å²) in [6.45, 7) is 12.2. The van der Waals surface area contributed by atoms with Gasteiger partial charge in [-0.2, -0.15) is 4.98 Å². The largest absolute Gasteiger partial charge is 0.507 e. The minimum atomic E-state index is -0.634. The van der Waals surface area contributed by atoms with Crippen LogP contribution < -0.4 is 15.0 Å². The van der Waals surface area contributed by atoms with E-state index in [4.69, 9.17) is 14.2 Å². The topological polar surface area (TPSA) is 160 Å². The number of phenolic OH excluding ortho intramolecular Hbond substituents is 1. The predicted molar refractivity (Wildman–Crippen MR) is 251 cm³/mol. The monoisotopic (exact) mass is 896 g/mol. The lowest BCUT2D eigenvalue weighted by atomic mass is 9.91. The van der Waals surface area contributed by atoms with Gasteiger partial charge in [-0.25, -0.2) is 4.98 Å². The highest BCUT2D eigenvalue weighted by Crippen LogP contribution is 2.42. The van der Waals surface area contributed by atoms with Crippen molar-refractivity contribution in [3.63, 3.8) is 0 Å². The summed E-state index contributed by atoms with van der Waals surface area (Å²) in [6, 6.07) is 22.4. The number of pyridine rings is 1. The van der Waals surface area contributed by atoms with Crippen LogP contribution in [-0.2, 0) is 9.59 Å². The zero-order valence-electron chi connectivity index (χ0n) is 36.9. The van der Waals surface area contributed by atoms with E-state index in [-0.39, 0.29) is 29.5 Å². The fraction of sp³-hybridized carbons (Fsp3) is 0.367. The number of aromatic nitrogens is 5. The molecular weight excluding hydrogens is 845 g/mol. The van der Waals surface area contributed by atoms with Crippen LogP contribution in [0.15, 0.2) is 82.8 Å². The molecule has 0 aliphatic carbocycles. The number of thiazole rings is 1. The number of thiophene rings is 1. The van der Waals surface area contributed by atoms with Crippen molar-refractivity contribution in [3.8, 4) is 44.6 Å². The maximum atomic E-state index is 14.4. The average Bonchev–Trinajstić information content (AvgIpc) is 4.14. The van der Waals surface area contributed by atoms with E-state index in [0.29, 0.717) is 53.0 Å². The molecule has 2 N–H and O–H groups in total. The van der Waals surface area contributed by atoms with Gasteiger partial charge in [-0.15, -0.1) is 32.9 Å². The molecule has 0 saturated carbocycles. The average molecular weight is 897 g/mol. The first kappa shape index (κ1) is 43.1. The molecule has 5 aromatic heterocycles. The Morgan fingerprint density at radius 2 is 1.70 bits per heavy atom. The van der Waals surface area contributed by atoms with Crippen molar-refractivity contribution in [3.05, 3.63) is 106 Å². The van der Waals surface area contributed by atoms with Gasteiger partial charge in [-0.3, -0.25) is 9.59 Å². The van der Waals surface area contributed by atoms with E-state index < -0.39 is 12.0 Å². The number of nitrogens with one attached hydrogen (secondary N) is 1. The van der Waals surface area contributed by atoms with Gasteiger partial charge in [-0.05, 0) is 105 Å². The van der Waals surface area contributed by atoms with Crippen LogP contribution in [0.1, 0.15) is 91.8 Å². The van der Waals surface area contributed by atoms with Gasteiger partial charge in [0.1, 0.15) is 39.8 Å². The number of methoxy groups -OCH3 is 1. The second-order valence-electron chi connectivity index (χ2n) is 17.2. The van der Waals surface area contributed by atoms with Crippen LogP contribution in [0.5, 0.6) is 11.6 Å². The summed E-state index contributed by atoms with van der Waals surface area (Å²) in [6.07, 6.45) is 3.24. The van der Waals surface area contributed by atoms with Gasteiger partial charge in [0.2, 0.25) is 17.7 Å². The molecule has 7 heterocycles. The molecule has 3 atom stereocenters. The number of piperidine rings is 1. The molecule has 64 heavy (non-hydrogen) atoms. The lowest BCUT2D eigenvalue weighted by Crippen LogP contribution is -2.48. The van der Waals surface area contributed by atoms with Gasteiger partial charge >= 0.3 is 0 Å². The third kappa shape index (κ3) is 8.34. The molecule has 13 nitrogen and oxygen atoms in total. The normalized spacial score (nSPS) is 16.7. The van der Waals surface area contributed by atoms with Crippen molar-refractivity contribution in [2.24, 2.45) is 5.92 Å². The Kier molecular flexibility index (Phi) is 12.2. The number of para-hydroxylation sites is 1. The number of nitrogens with zero attached hydrogens (tertiary/aromatic N) is 7. The number of amides is 2. The van der Waals surface area contributed by atoms with Crippen LogP contribution in [0, 0.1) is 19.8 Å². The number of likely N-dealkylation sites (tertiary alicyclic amines) is 1. The maximum Gasteiger partial charge on any atom is 0.243 e. The number of hydrogen-bond acceptors (Lipinski definition) is 13. The number of aromatic hydroxyl groups is 1. The molecule has 2 fully saturated rings. The van der Waals surface area contributed by atoms with E-state index >= 15 is 0 Å². The number of aryl methyl sites for hydroxylation is 2. The van der Waals surface area contributed by atoms with Crippen molar-refractivity contribution in [2.75, 3.05) is 31.6 Å². The Morgan fingerprint density at radius 1 is 0.922 bits per heavy atom. The highest BCUT2D eigenvalue weighted by atomic mass is 32.1. The van der Waals surface area contributed by atoms with Gasteiger partial charge in [0.25, 0.3) is 0 Å². The molecular formula is C49H52N8O5S2. The van der Waals surface area contributed by atoms with Gasteiger partial charge in [0.05, 0.1) is 40.5 Å². The molecule has 2 amide bonds. The van der Waals surface area contributed by atoms with Crippen molar-refractivity contribution < 1.29 is 24.0 Å². The molecule has 330 valence electrons. The number of fused-ring (bicyclic) bond motifs is 1. The first-order chi connectivity index (χ1) is 31.0. The third-order valence-corrected chi connectivity index (χ3v) is 15.1. The Labute approximate surface area is 380 Å². The third-order valence-electron chi connectivity index (χ3n) is 12.8. The van der Waals surface area contributed by atoms with Gasteiger partial charge in [0, 0.05) is 41.5 Å². The first-order valence-electron chi connectivity index (χ1n) is 21.9. The predicted octanol–water partition coefficient (Wildman–Crippen LogP) is 9.85. The van der Waals surface area contributed by atoms with E-state index in [1.807, 2.05) is 75.7 Å². The molecule has 0 spiro atoms. The number of hydrogen-bond donors (Lipinski definition) is 2. The molecule has 2 aromatic carbocycles. The zero-order valence-corrected chi connectivity index (χ0v) is 38.5. The maximum absolute atomic E-state index is 14.4. The van der Waals surface area contributed by atoms with E-state index in [1.165, 1.54) is 10.4 Å². The van der Waals surface area contributed by atoms with E-state index in [9.17, 15) is 14.7 Å². The molecule has 7 aromatic rings. The second-order valence-corrected chi connectivity index (χ2v) is 19.1. The number of carbonyl (C=O) groups excluding carboxylic acids is 2. The SMILES string of the molecule is COc1nc(N2CCC(c3sc4nnc(-c5ccccc5O)cc4c3C)CC2)ccc1-c1cc([C@H](C(=O)N2CCC[C@H]2C(=O)N[C@@H](C)c2ccc(-c3scnc3C)cc2)C(C)C)on1. The van der Waals surface area contributed by atoms with Crippen LogP contribution in [0.2, 0.25) is 0 Å². The Hall–Kier alpha value is -6.19. The quantitative estimate of drug-likeness (QED) is 0.120. The zero-order chi connectivity index (χ0) is 44.6. The van der Waals surface area contributed by atoms with Crippen molar-refractivity contribution >= 4 is 50.5 Å². The van der Waals surface area contributed by atoms with Gasteiger partial charge < -0.3 is 29.5 Å². The summed E-state index contributed by atoms with van der Waals surface area (Å²) in [5, 5.41) is 28.1. The molecule has 0 unspecified atom stereocenters. The number of anilines is 1. The Bertz CT molecular complexity index is 2810. The smallest absolute Gasteiger partial charge is 0.243 e. The Morgan fingerprint density at radius 3 is 2.42 bits per heavy atom. The van der Waals surface area contributed by atoms with Gasteiger partial charge in [0.15, 0.2) is 0 Å². The van der Waals surface area contributed by atoms with E-state index in [2.05, 4.69) is 49.6 Å². The Balaban J connectivity index is 0.851. The van der Waals surface area contributed by atoms with Crippen molar-refractivity contribution in [2.45, 2.75) is 84.2 Å². The lowest BCUT2D eigenvalue weighted by Gasteiger charge is -2.33. The summed E-state index contributed by atoms with van der Waals surface area (Å²) in [4.78, 5) is 44.8. The number of rotatable bonds is 12. The van der Waals surface area contributed by atoms with Crippen LogP contribution in [0.3, 0.4) is 0 Å². The van der Waals surface area contributed by atoms with Crippen LogP contribution >= 0.6 is 22.7 Å². The van der Waals surface area contributed by atoms with Crippen molar-refractivity contribution in [1.29, 1.82) is 0 Å². The number of benzene rings is 2. The molecule has 2 saturated heterocycles. The number of carbonyl (C=O) groups is 2. The molecule has 0 radical (unpaired) electrons. The minimum absolute atomic E-state index is 0.118. The first-order valence-corrected chi connectivity index (χ1v) is 23.6. The molecule has 2 aliphatic rings. The summed E-state index contributed by atoms with van der Waals surface area (Å²) < 4.78 is 11.8. The van der Waals surface area contributed by atoms with E-state index in [0.717, 1.165) is 70.1 Å². The van der Waals surface area contributed by atoms with Crippen LogP contribution in [0.4, 0.5) is 5.82 Å². The van der Waals surface area contributed by atoms with Crippen molar-refractivity contribution in [1.82, 2.24) is 35.5 Å². The fourth-order valence-electron chi connectivity index (χ4n) is 9.25. The number of ether oxygens (including phenoxy) is 1. The molecule has 15 heteroatoms. The second kappa shape index (κ2) is 18.1.